The lowest BCUT2D eigenvalue weighted by Crippen LogP contribution is -2.45. The summed E-state index contributed by atoms with van der Waals surface area (Å²) in [6, 6.07) is 6.81. The third kappa shape index (κ3) is 4.67. The number of nitrogens with one attached hydrogen (secondary N) is 1. The molecule has 9 heteroatoms. The highest BCUT2D eigenvalue weighted by molar-refractivity contribution is 7.89. The molecule has 0 bridgehead atoms. The Labute approximate surface area is 159 Å². The van der Waals surface area contributed by atoms with E-state index in [1.807, 2.05) is 0 Å². The molecule has 0 aliphatic carbocycles. The number of aromatic nitrogens is 2. The first kappa shape index (κ1) is 19.8. The van der Waals surface area contributed by atoms with E-state index in [-0.39, 0.29) is 29.8 Å². The van der Waals surface area contributed by atoms with E-state index in [2.05, 4.69) is 14.7 Å². The number of methoxy groups -OCH3 is 1. The molecule has 2 heterocycles. The van der Waals surface area contributed by atoms with E-state index in [9.17, 15) is 13.5 Å². The maximum atomic E-state index is 12.8. The van der Waals surface area contributed by atoms with Crippen LogP contribution < -0.4 is 9.46 Å². The smallest absolute Gasteiger partial charge is 0.244 e. The zero-order chi connectivity index (χ0) is 19.3. The van der Waals surface area contributed by atoms with Crippen LogP contribution in [0.2, 0.25) is 0 Å². The average Bonchev–Trinajstić information content (AvgIpc) is 3.22. The Kier molecular flexibility index (Phi) is 6.48. The van der Waals surface area contributed by atoms with Crippen LogP contribution in [0.5, 0.6) is 5.75 Å². The van der Waals surface area contributed by atoms with Crippen LogP contribution in [-0.4, -0.2) is 67.6 Å². The molecule has 1 aromatic carbocycles. The SMILES string of the molecule is COc1ccc(-n2cccn2)cc1S(=O)(=O)NCCN1CCCCC1CO. The lowest BCUT2D eigenvalue weighted by Gasteiger charge is -2.34. The van der Waals surface area contributed by atoms with Gasteiger partial charge in [-0.05, 0) is 43.7 Å². The zero-order valence-electron chi connectivity index (χ0n) is 15.4. The Morgan fingerprint density at radius 3 is 2.93 bits per heavy atom. The topological polar surface area (TPSA) is 96.7 Å². The molecule has 1 aliphatic rings. The zero-order valence-corrected chi connectivity index (χ0v) is 16.2. The monoisotopic (exact) mass is 394 g/mol. The number of aliphatic hydroxyl groups is 1. The molecule has 0 amide bonds. The molecule has 2 aromatic rings. The van der Waals surface area contributed by atoms with E-state index in [1.54, 1.807) is 41.3 Å². The van der Waals surface area contributed by atoms with Crippen LogP contribution in [-0.2, 0) is 10.0 Å². The van der Waals surface area contributed by atoms with Crippen LogP contribution >= 0.6 is 0 Å². The number of piperidine rings is 1. The normalized spacial score (nSPS) is 18.5. The van der Waals surface area contributed by atoms with Crippen LogP contribution in [0.25, 0.3) is 5.69 Å². The summed E-state index contributed by atoms with van der Waals surface area (Å²) in [7, 11) is -2.30. The summed E-state index contributed by atoms with van der Waals surface area (Å²) in [5, 5.41) is 13.6. The fourth-order valence-electron chi connectivity index (χ4n) is 3.40. The van der Waals surface area contributed by atoms with E-state index in [4.69, 9.17) is 4.74 Å². The van der Waals surface area contributed by atoms with Gasteiger partial charge >= 0.3 is 0 Å². The van der Waals surface area contributed by atoms with Gasteiger partial charge in [-0.1, -0.05) is 6.42 Å². The van der Waals surface area contributed by atoms with Crippen molar-refractivity contribution in [1.82, 2.24) is 19.4 Å². The Hall–Kier alpha value is -1.94. The Balaban J connectivity index is 1.73. The second kappa shape index (κ2) is 8.83. The lowest BCUT2D eigenvalue weighted by atomic mass is 10.0. The minimum absolute atomic E-state index is 0.0790. The first-order valence-corrected chi connectivity index (χ1v) is 10.6. The quantitative estimate of drug-likeness (QED) is 0.694. The summed E-state index contributed by atoms with van der Waals surface area (Å²) in [5.41, 5.74) is 0.637. The molecule has 1 unspecified atom stereocenters. The fourth-order valence-corrected chi connectivity index (χ4v) is 4.61. The molecule has 1 aromatic heterocycles. The van der Waals surface area contributed by atoms with Crippen LogP contribution in [0.3, 0.4) is 0 Å². The highest BCUT2D eigenvalue weighted by Crippen LogP contribution is 2.26. The van der Waals surface area contributed by atoms with Crippen LogP contribution in [0.1, 0.15) is 19.3 Å². The van der Waals surface area contributed by atoms with Gasteiger partial charge in [0.05, 0.1) is 19.4 Å². The Bertz CT molecular complexity index is 839. The van der Waals surface area contributed by atoms with Crippen LogP contribution in [0.15, 0.2) is 41.6 Å². The first-order chi connectivity index (χ1) is 13.0. The summed E-state index contributed by atoms with van der Waals surface area (Å²) in [5.74, 6) is 0.282. The maximum absolute atomic E-state index is 12.8. The summed E-state index contributed by atoms with van der Waals surface area (Å²) >= 11 is 0. The van der Waals surface area contributed by atoms with Gasteiger partial charge in [0, 0.05) is 31.5 Å². The van der Waals surface area contributed by atoms with Gasteiger partial charge in [0.2, 0.25) is 10.0 Å². The maximum Gasteiger partial charge on any atom is 0.244 e. The van der Waals surface area contributed by atoms with Crippen molar-refractivity contribution in [3.05, 3.63) is 36.7 Å². The van der Waals surface area contributed by atoms with Crippen LogP contribution in [0, 0.1) is 0 Å². The molecule has 0 spiro atoms. The first-order valence-electron chi connectivity index (χ1n) is 9.08. The van der Waals surface area contributed by atoms with Gasteiger partial charge in [-0.15, -0.1) is 0 Å². The second-order valence-corrected chi connectivity index (χ2v) is 8.29. The van der Waals surface area contributed by atoms with Gasteiger partial charge in [0.25, 0.3) is 0 Å². The van der Waals surface area contributed by atoms with E-state index in [1.165, 1.54) is 7.11 Å². The molecule has 148 valence electrons. The van der Waals surface area contributed by atoms with Crippen molar-refractivity contribution in [3.63, 3.8) is 0 Å². The highest BCUT2D eigenvalue weighted by Gasteiger charge is 2.24. The molecule has 3 rings (SSSR count). The summed E-state index contributed by atoms with van der Waals surface area (Å²) in [4.78, 5) is 2.22. The van der Waals surface area contributed by atoms with E-state index >= 15 is 0 Å². The molecule has 27 heavy (non-hydrogen) atoms. The molecule has 1 saturated heterocycles. The van der Waals surface area contributed by atoms with Gasteiger partial charge in [-0.25, -0.2) is 17.8 Å². The number of rotatable bonds is 8. The van der Waals surface area contributed by atoms with Gasteiger partial charge in [0.1, 0.15) is 10.6 Å². The van der Waals surface area contributed by atoms with Gasteiger partial charge in [0.15, 0.2) is 0 Å². The number of hydrogen-bond acceptors (Lipinski definition) is 6. The molecule has 0 radical (unpaired) electrons. The van der Waals surface area contributed by atoms with Crippen molar-refractivity contribution in [1.29, 1.82) is 0 Å². The molecule has 1 atom stereocenters. The predicted molar refractivity (Wildman–Crippen MR) is 102 cm³/mol. The predicted octanol–water partition coefficient (Wildman–Crippen LogP) is 1.01. The summed E-state index contributed by atoms with van der Waals surface area (Å²) in [6.45, 7) is 1.82. The van der Waals surface area contributed by atoms with Crippen LogP contribution in [0.4, 0.5) is 0 Å². The number of aliphatic hydroxyl groups excluding tert-OH is 1. The number of sulfonamides is 1. The Morgan fingerprint density at radius 1 is 1.37 bits per heavy atom. The van der Waals surface area contributed by atoms with E-state index in [0.717, 1.165) is 25.8 Å². The Morgan fingerprint density at radius 2 is 2.22 bits per heavy atom. The molecule has 1 fully saturated rings. The molecule has 2 N–H and O–H groups in total. The van der Waals surface area contributed by atoms with Crippen molar-refractivity contribution in [2.75, 3.05) is 33.4 Å². The lowest BCUT2D eigenvalue weighted by molar-refractivity contribution is 0.0923. The number of hydrogen-bond donors (Lipinski definition) is 2. The number of nitrogens with zero attached hydrogens (tertiary/aromatic N) is 3. The van der Waals surface area contributed by atoms with Crippen molar-refractivity contribution in [3.8, 4) is 11.4 Å². The second-order valence-electron chi connectivity index (χ2n) is 6.55. The number of ether oxygens (including phenoxy) is 1. The van der Waals surface area contributed by atoms with Crippen molar-refractivity contribution in [2.24, 2.45) is 0 Å². The largest absolute Gasteiger partial charge is 0.495 e. The molecule has 1 aliphatic heterocycles. The van der Waals surface area contributed by atoms with Gasteiger partial charge in [-0.3, -0.25) is 4.90 Å². The summed E-state index contributed by atoms with van der Waals surface area (Å²) < 4.78 is 35.2. The van der Waals surface area contributed by atoms with Gasteiger partial charge < -0.3 is 9.84 Å². The third-order valence-electron chi connectivity index (χ3n) is 4.86. The third-order valence-corrected chi connectivity index (χ3v) is 6.34. The van der Waals surface area contributed by atoms with E-state index < -0.39 is 10.0 Å². The number of benzene rings is 1. The average molecular weight is 394 g/mol. The molecular weight excluding hydrogens is 368 g/mol. The van der Waals surface area contributed by atoms with Crippen molar-refractivity contribution >= 4 is 10.0 Å². The van der Waals surface area contributed by atoms with Gasteiger partial charge in [-0.2, -0.15) is 5.10 Å². The van der Waals surface area contributed by atoms with Crippen molar-refractivity contribution < 1.29 is 18.3 Å². The minimum Gasteiger partial charge on any atom is -0.495 e. The highest BCUT2D eigenvalue weighted by atomic mass is 32.2. The van der Waals surface area contributed by atoms with E-state index in [0.29, 0.717) is 12.2 Å². The summed E-state index contributed by atoms with van der Waals surface area (Å²) in [6.07, 6.45) is 6.50. The number of likely N-dealkylation sites (tertiary alicyclic amines) is 1. The molecule has 8 nitrogen and oxygen atoms in total. The standard InChI is InChI=1S/C18H26N4O4S/c1-26-17-7-6-15(22-11-4-8-19-22)13-18(17)27(24,25)20-9-12-21-10-3-2-5-16(21)14-23/h4,6-8,11,13,16,20,23H,2-3,5,9-10,12,14H2,1H3. The van der Waals surface area contributed by atoms with Crippen molar-refractivity contribution in [2.45, 2.75) is 30.2 Å². The fraction of sp³-hybridized carbons (Fsp3) is 0.500. The minimum atomic E-state index is -3.75. The molecule has 0 saturated carbocycles. The molecular formula is C18H26N4O4S.